The summed E-state index contributed by atoms with van der Waals surface area (Å²) in [6, 6.07) is 11.5. The van der Waals surface area contributed by atoms with Gasteiger partial charge in [0.2, 0.25) is 0 Å². The van der Waals surface area contributed by atoms with Crippen LogP contribution in [0.25, 0.3) is 5.69 Å². The third-order valence-corrected chi connectivity index (χ3v) is 3.13. The van der Waals surface area contributed by atoms with Gasteiger partial charge in [-0.3, -0.25) is 4.79 Å². The van der Waals surface area contributed by atoms with Gasteiger partial charge in [-0.25, -0.2) is 4.68 Å². The zero-order valence-corrected chi connectivity index (χ0v) is 13.1. The van der Waals surface area contributed by atoms with Crippen LogP contribution in [-0.2, 0) is 0 Å². The summed E-state index contributed by atoms with van der Waals surface area (Å²) in [6.45, 7) is 5.04. The molecule has 0 saturated heterocycles. The molecule has 1 aromatic heterocycles. The molecule has 0 spiro atoms. The highest BCUT2D eigenvalue weighted by Gasteiger charge is 2.13. The number of carbonyl (C=O) groups is 1. The van der Waals surface area contributed by atoms with E-state index < -0.39 is 0 Å². The van der Waals surface area contributed by atoms with Crippen LogP contribution in [0.5, 0.6) is 0 Å². The van der Waals surface area contributed by atoms with E-state index in [1.807, 2.05) is 44.2 Å². The number of aromatic nitrogens is 2. The Morgan fingerprint density at radius 3 is 2.67 bits per heavy atom. The summed E-state index contributed by atoms with van der Waals surface area (Å²) in [5.74, 6) is 0.0966. The fourth-order valence-corrected chi connectivity index (χ4v) is 1.86. The van der Waals surface area contributed by atoms with Gasteiger partial charge in [-0.2, -0.15) is 5.10 Å². The van der Waals surface area contributed by atoms with E-state index in [-0.39, 0.29) is 24.2 Å². The summed E-state index contributed by atoms with van der Waals surface area (Å²) < 4.78 is 1.77. The van der Waals surface area contributed by atoms with Crippen LogP contribution in [0.3, 0.4) is 0 Å². The van der Waals surface area contributed by atoms with Gasteiger partial charge >= 0.3 is 0 Å². The van der Waals surface area contributed by atoms with Gasteiger partial charge in [-0.15, -0.1) is 12.4 Å². The molecule has 0 aliphatic heterocycles. The molecule has 3 N–H and O–H groups in total. The molecule has 6 heteroatoms. The smallest absolute Gasteiger partial charge is 0.271 e. The normalized spacial score (nSPS) is 11.6. The Morgan fingerprint density at radius 2 is 2.05 bits per heavy atom. The van der Waals surface area contributed by atoms with Crippen molar-refractivity contribution in [2.75, 3.05) is 13.1 Å². The standard InChI is InChI=1S/C15H20N4O.ClH/c1-11(9-16)10-17-15(20)14-8-12(2)19(18-14)13-6-4-3-5-7-13;/h3-8,11H,9-10,16H2,1-2H3,(H,17,20);1H. The first-order chi connectivity index (χ1) is 9.61. The number of nitrogens with zero attached hydrogens (tertiary/aromatic N) is 2. The lowest BCUT2D eigenvalue weighted by Crippen LogP contribution is -2.31. The number of nitrogens with two attached hydrogens (primary N) is 1. The van der Waals surface area contributed by atoms with Crippen molar-refractivity contribution in [3.63, 3.8) is 0 Å². The predicted octanol–water partition coefficient (Wildman–Crippen LogP) is 1.93. The molecule has 1 aromatic carbocycles. The Labute approximate surface area is 130 Å². The summed E-state index contributed by atoms with van der Waals surface area (Å²) in [5, 5.41) is 7.20. The quantitative estimate of drug-likeness (QED) is 0.886. The topological polar surface area (TPSA) is 72.9 Å². The van der Waals surface area contributed by atoms with Gasteiger partial charge < -0.3 is 11.1 Å². The maximum Gasteiger partial charge on any atom is 0.271 e. The second-order valence-electron chi connectivity index (χ2n) is 4.97. The molecule has 1 unspecified atom stereocenters. The van der Waals surface area contributed by atoms with Crippen LogP contribution in [0, 0.1) is 12.8 Å². The number of amides is 1. The zero-order valence-electron chi connectivity index (χ0n) is 12.2. The van der Waals surface area contributed by atoms with Gasteiger partial charge in [0, 0.05) is 12.2 Å². The van der Waals surface area contributed by atoms with Crippen molar-refractivity contribution < 1.29 is 4.79 Å². The Morgan fingerprint density at radius 1 is 1.38 bits per heavy atom. The molecule has 2 aromatic rings. The van der Waals surface area contributed by atoms with Crippen molar-refractivity contribution in [3.05, 3.63) is 47.8 Å². The Bertz CT molecular complexity index is 583. The van der Waals surface area contributed by atoms with E-state index in [2.05, 4.69) is 10.4 Å². The molecule has 0 aliphatic carbocycles. The van der Waals surface area contributed by atoms with E-state index in [1.165, 1.54) is 0 Å². The fourth-order valence-electron chi connectivity index (χ4n) is 1.86. The van der Waals surface area contributed by atoms with Crippen molar-refractivity contribution >= 4 is 18.3 Å². The SMILES string of the molecule is Cc1cc(C(=O)NCC(C)CN)nn1-c1ccccc1.Cl. The highest BCUT2D eigenvalue weighted by molar-refractivity contribution is 5.92. The van der Waals surface area contributed by atoms with Crippen molar-refractivity contribution in [1.82, 2.24) is 15.1 Å². The molecule has 0 bridgehead atoms. The minimum absolute atomic E-state index is 0. The molecule has 1 heterocycles. The first-order valence-corrected chi connectivity index (χ1v) is 6.72. The van der Waals surface area contributed by atoms with Crippen molar-refractivity contribution in [2.24, 2.45) is 11.7 Å². The number of nitrogens with one attached hydrogen (secondary N) is 1. The molecule has 21 heavy (non-hydrogen) atoms. The van der Waals surface area contributed by atoms with Gasteiger partial charge in [-0.1, -0.05) is 25.1 Å². The summed E-state index contributed by atoms with van der Waals surface area (Å²) in [5.41, 5.74) is 7.82. The van der Waals surface area contributed by atoms with E-state index in [4.69, 9.17) is 5.73 Å². The second-order valence-corrected chi connectivity index (χ2v) is 4.97. The molecular weight excluding hydrogens is 288 g/mol. The lowest BCUT2D eigenvalue weighted by atomic mass is 10.2. The van der Waals surface area contributed by atoms with E-state index >= 15 is 0 Å². The summed E-state index contributed by atoms with van der Waals surface area (Å²) in [7, 11) is 0. The van der Waals surface area contributed by atoms with E-state index in [1.54, 1.807) is 10.7 Å². The number of rotatable bonds is 5. The minimum Gasteiger partial charge on any atom is -0.350 e. The molecule has 0 radical (unpaired) electrons. The van der Waals surface area contributed by atoms with Crippen LogP contribution in [0.15, 0.2) is 36.4 Å². The van der Waals surface area contributed by atoms with Gasteiger partial charge in [0.15, 0.2) is 5.69 Å². The number of benzene rings is 1. The number of halogens is 1. The molecule has 0 aliphatic rings. The molecule has 114 valence electrons. The van der Waals surface area contributed by atoms with Crippen LogP contribution in [-0.4, -0.2) is 28.8 Å². The average molecular weight is 309 g/mol. The lowest BCUT2D eigenvalue weighted by molar-refractivity contribution is 0.0943. The summed E-state index contributed by atoms with van der Waals surface area (Å²) in [6.07, 6.45) is 0. The lowest BCUT2D eigenvalue weighted by Gasteiger charge is -2.08. The summed E-state index contributed by atoms with van der Waals surface area (Å²) >= 11 is 0. The Kier molecular flexibility index (Phi) is 6.39. The van der Waals surface area contributed by atoms with Crippen LogP contribution in [0.2, 0.25) is 0 Å². The van der Waals surface area contributed by atoms with E-state index in [0.717, 1.165) is 11.4 Å². The molecular formula is C15H21ClN4O. The highest BCUT2D eigenvalue weighted by atomic mass is 35.5. The minimum atomic E-state index is -0.164. The first kappa shape index (κ1) is 17.2. The fraction of sp³-hybridized carbons (Fsp3) is 0.333. The molecule has 0 fully saturated rings. The third-order valence-electron chi connectivity index (χ3n) is 3.13. The Hall–Kier alpha value is -1.85. The van der Waals surface area contributed by atoms with Crippen molar-refractivity contribution in [2.45, 2.75) is 13.8 Å². The molecule has 2 rings (SSSR count). The molecule has 0 saturated carbocycles. The first-order valence-electron chi connectivity index (χ1n) is 6.72. The van der Waals surface area contributed by atoms with Crippen LogP contribution >= 0.6 is 12.4 Å². The maximum absolute atomic E-state index is 12.0. The number of carbonyl (C=O) groups excluding carboxylic acids is 1. The molecule has 5 nitrogen and oxygen atoms in total. The monoisotopic (exact) mass is 308 g/mol. The molecule has 1 amide bonds. The van der Waals surface area contributed by atoms with Gasteiger partial charge in [0.05, 0.1) is 5.69 Å². The third kappa shape index (κ3) is 4.31. The van der Waals surface area contributed by atoms with Crippen LogP contribution in [0.1, 0.15) is 23.1 Å². The van der Waals surface area contributed by atoms with Gasteiger partial charge in [0.25, 0.3) is 5.91 Å². The number of hydrogen-bond acceptors (Lipinski definition) is 3. The number of aryl methyl sites for hydroxylation is 1. The highest BCUT2D eigenvalue weighted by Crippen LogP contribution is 2.11. The largest absolute Gasteiger partial charge is 0.350 e. The van der Waals surface area contributed by atoms with Crippen LogP contribution in [0.4, 0.5) is 0 Å². The number of hydrogen-bond donors (Lipinski definition) is 2. The average Bonchev–Trinajstić information content (AvgIpc) is 2.87. The zero-order chi connectivity index (χ0) is 14.5. The van der Waals surface area contributed by atoms with Crippen molar-refractivity contribution in [3.8, 4) is 5.69 Å². The van der Waals surface area contributed by atoms with Gasteiger partial charge in [0.1, 0.15) is 0 Å². The van der Waals surface area contributed by atoms with Crippen LogP contribution < -0.4 is 11.1 Å². The van der Waals surface area contributed by atoms with E-state index in [0.29, 0.717) is 18.8 Å². The van der Waals surface area contributed by atoms with E-state index in [9.17, 15) is 4.79 Å². The van der Waals surface area contributed by atoms with Crippen molar-refractivity contribution in [1.29, 1.82) is 0 Å². The molecule has 1 atom stereocenters. The van der Waals surface area contributed by atoms with Gasteiger partial charge in [-0.05, 0) is 37.6 Å². The number of para-hydroxylation sites is 1. The second kappa shape index (κ2) is 7.81. The summed E-state index contributed by atoms with van der Waals surface area (Å²) in [4.78, 5) is 12.0. The maximum atomic E-state index is 12.0. The predicted molar refractivity (Wildman–Crippen MR) is 86.1 cm³/mol. The Balaban J connectivity index is 0.00000220.